The van der Waals surface area contributed by atoms with Crippen molar-refractivity contribution in [2.45, 2.75) is 26.2 Å². The number of nitrogens with zero attached hydrogens (tertiary/aromatic N) is 3. The number of ether oxygens (including phenoxy) is 1. The van der Waals surface area contributed by atoms with Gasteiger partial charge < -0.3 is 15.8 Å². The Morgan fingerprint density at radius 3 is 2.80 bits per heavy atom. The molecule has 0 amide bonds. The zero-order chi connectivity index (χ0) is 14.4. The number of hydrogen-bond acceptors (Lipinski definition) is 6. The van der Waals surface area contributed by atoms with Crippen molar-refractivity contribution < 1.29 is 4.74 Å². The van der Waals surface area contributed by atoms with Gasteiger partial charge in [0, 0.05) is 25.7 Å². The lowest BCUT2D eigenvalue weighted by Gasteiger charge is -2.26. The number of aromatic nitrogens is 2. The van der Waals surface area contributed by atoms with Crippen LogP contribution in [-0.4, -0.2) is 54.3 Å². The minimum absolute atomic E-state index is 0.356. The van der Waals surface area contributed by atoms with Crippen LogP contribution in [0.15, 0.2) is 6.07 Å². The fourth-order valence-corrected chi connectivity index (χ4v) is 2.19. The summed E-state index contributed by atoms with van der Waals surface area (Å²) in [5, 5.41) is 3.26. The first kappa shape index (κ1) is 15.0. The predicted octanol–water partition coefficient (Wildman–Crippen LogP) is 1.32. The third-order valence-electron chi connectivity index (χ3n) is 3.40. The van der Waals surface area contributed by atoms with Crippen molar-refractivity contribution in [3.05, 3.63) is 11.8 Å². The zero-order valence-corrected chi connectivity index (χ0v) is 12.4. The summed E-state index contributed by atoms with van der Waals surface area (Å²) in [7, 11) is 0. The first-order valence-corrected chi connectivity index (χ1v) is 7.33. The number of anilines is 2. The van der Waals surface area contributed by atoms with E-state index in [4.69, 9.17) is 10.5 Å². The second-order valence-corrected chi connectivity index (χ2v) is 5.43. The van der Waals surface area contributed by atoms with E-state index in [0.717, 1.165) is 51.5 Å². The molecule has 1 aromatic heterocycles. The van der Waals surface area contributed by atoms with Crippen molar-refractivity contribution in [1.82, 2.24) is 14.9 Å². The van der Waals surface area contributed by atoms with Crippen molar-refractivity contribution in [1.29, 1.82) is 0 Å². The summed E-state index contributed by atoms with van der Waals surface area (Å²) in [6, 6.07) is 1.84. The van der Waals surface area contributed by atoms with Crippen LogP contribution in [0.4, 0.5) is 11.8 Å². The lowest BCUT2D eigenvalue weighted by Crippen LogP contribution is -2.37. The van der Waals surface area contributed by atoms with E-state index in [-0.39, 0.29) is 0 Å². The number of hydrogen-bond donors (Lipinski definition) is 2. The number of nitrogens with two attached hydrogens (primary N) is 1. The van der Waals surface area contributed by atoms with E-state index in [0.29, 0.717) is 17.7 Å². The first-order chi connectivity index (χ1) is 9.65. The molecule has 3 N–H and O–H groups in total. The molecular weight excluding hydrogens is 254 g/mol. The highest BCUT2D eigenvalue weighted by Gasteiger charge is 2.09. The molecule has 0 atom stereocenters. The summed E-state index contributed by atoms with van der Waals surface area (Å²) < 4.78 is 5.33. The molecule has 0 saturated carbocycles. The largest absolute Gasteiger partial charge is 0.384 e. The topological polar surface area (TPSA) is 76.3 Å². The molecule has 1 aromatic rings. The molecule has 0 bridgehead atoms. The highest BCUT2D eigenvalue weighted by atomic mass is 16.5. The molecule has 1 aliphatic rings. The number of rotatable bonds is 6. The zero-order valence-electron chi connectivity index (χ0n) is 12.4. The van der Waals surface area contributed by atoms with Crippen molar-refractivity contribution in [3.8, 4) is 0 Å². The van der Waals surface area contributed by atoms with E-state index in [2.05, 4.69) is 34.0 Å². The molecule has 112 valence electrons. The number of nitrogen functional groups attached to an aromatic ring is 1. The average molecular weight is 279 g/mol. The molecule has 0 spiro atoms. The molecule has 20 heavy (non-hydrogen) atoms. The smallest absolute Gasteiger partial charge is 0.224 e. The maximum absolute atomic E-state index is 5.81. The van der Waals surface area contributed by atoms with Gasteiger partial charge in [0.25, 0.3) is 0 Å². The predicted molar refractivity (Wildman–Crippen MR) is 80.9 cm³/mol. The van der Waals surface area contributed by atoms with Gasteiger partial charge >= 0.3 is 0 Å². The highest BCUT2D eigenvalue weighted by Crippen LogP contribution is 2.15. The monoisotopic (exact) mass is 279 g/mol. The summed E-state index contributed by atoms with van der Waals surface area (Å²) in [5.41, 5.74) is 6.78. The fourth-order valence-electron chi connectivity index (χ4n) is 2.19. The van der Waals surface area contributed by atoms with Gasteiger partial charge in [0.15, 0.2) is 0 Å². The first-order valence-electron chi connectivity index (χ1n) is 7.33. The van der Waals surface area contributed by atoms with Crippen LogP contribution >= 0.6 is 0 Å². The standard InChI is InChI=1S/C14H25N5O/c1-11(2)12-10-13(15)18-14(17-12)16-4-3-5-19-6-8-20-9-7-19/h10-11H,3-9H2,1-2H3,(H3,15,16,17,18). The van der Waals surface area contributed by atoms with Crippen LogP contribution in [0.5, 0.6) is 0 Å². The van der Waals surface area contributed by atoms with Gasteiger partial charge in [-0.2, -0.15) is 4.98 Å². The Morgan fingerprint density at radius 2 is 2.10 bits per heavy atom. The third kappa shape index (κ3) is 4.61. The van der Waals surface area contributed by atoms with Gasteiger partial charge in [-0.3, -0.25) is 4.90 Å². The molecule has 0 aliphatic carbocycles. The maximum Gasteiger partial charge on any atom is 0.224 e. The Balaban J connectivity index is 1.75. The summed E-state index contributed by atoms with van der Waals surface area (Å²) in [5.74, 6) is 1.52. The molecule has 0 aromatic carbocycles. The summed E-state index contributed by atoms with van der Waals surface area (Å²) in [6.45, 7) is 9.91. The molecule has 2 heterocycles. The Morgan fingerprint density at radius 1 is 1.35 bits per heavy atom. The van der Waals surface area contributed by atoms with Crippen molar-refractivity contribution in [2.24, 2.45) is 0 Å². The molecule has 0 unspecified atom stereocenters. The number of nitrogens with one attached hydrogen (secondary N) is 1. The second-order valence-electron chi connectivity index (χ2n) is 5.43. The normalized spacial score (nSPS) is 16.6. The SMILES string of the molecule is CC(C)c1cc(N)nc(NCCCN2CCOCC2)n1. The van der Waals surface area contributed by atoms with Crippen LogP contribution in [-0.2, 0) is 4.74 Å². The quantitative estimate of drug-likeness (QED) is 0.765. The van der Waals surface area contributed by atoms with Crippen LogP contribution in [0.3, 0.4) is 0 Å². The van der Waals surface area contributed by atoms with Gasteiger partial charge in [0.2, 0.25) is 5.95 Å². The lowest BCUT2D eigenvalue weighted by atomic mass is 10.1. The molecular formula is C14H25N5O. The molecule has 6 heteroatoms. The van der Waals surface area contributed by atoms with Gasteiger partial charge in [-0.25, -0.2) is 4.98 Å². The summed E-state index contributed by atoms with van der Waals surface area (Å²) in [4.78, 5) is 11.1. The van der Waals surface area contributed by atoms with Crippen molar-refractivity contribution in [3.63, 3.8) is 0 Å². The second kappa shape index (κ2) is 7.40. The molecule has 2 rings (SSSR count). The van der Waals surface area contributed by atoms with Crippen LogP contribution in [0.25, 0.3) is 0 Å². The van der Waals surface area contributed by atoms with E-state index >= 15 is 0 Å². The Hall–Kier alpha value is -1.40. The van der Waals surface area contributed by atoms with Crippen molar-refractivity contribution >= 4 is 11.8 Å². The lowest BCUT2D eigenvalue weighted by molar-refractivity contribution is 0.0378. The highest BCUT2D eigenvalue weighted by molar-refractivity contribution is 5.39. The van der Waals surface area contributed by atoms with E-state index in [1.165, 1.54) is 0 Å². The number of morpholine rings is 1. The molecule has 6 nitrogen and oxygen atoms in total. The van der Waals surface area contributed by atoms with Gasteiger partial charge in [-0.15, -0.1) is 0 Å². The fraction of sp³-hybridized carbons (Fsp3) is 0.714. The van der Waals surface area contributed by atoms with E-state index in [9.17, 15) is 0 Å². The summed E-state index contributed by atoms with van der Waals surface area (Å²) >= 11 is 0. The van der Waals surface area contributed by atoms with Gasteiger partial charge in [0.1, 0.15) is 5.82 Å². The molecule has 1 fully saturated rings. The summed E-state index contributed by atoms with van der Waals surface area (Å²) in [6.07, 6.45) is 1.06. The van der Waals surface area contributed by atoms with Gasteiger partial charge in [-0.05, 0) is 18.9 Å². The third-order valence-corrected chi connectivity index (χ3v) is 3.40. The van der Waals surface area contributed by atoms with Gasteiger partial charge in [-0.1, -0.05) is 13.8 Å². The average Bonchev–Trinajstić information content (AvgIpc) is 2.44. The Bertz CT molecular complexity index is 418. The van der Waals surface area contributed by atoms with Crippen molar-refractivity contribution in [2.75, 3.05) is 50.4 Å². The molecule has 0 radical (unpaired) electrons. The van der Waals surface area contributed by atoms with Crippen LogP contribution in [0.2, 0.25) is 0 Å². The Kier molecular flexibility index (Phi) is 5.55. The van der Waals surface area contributed by atoms with E-state index in [1.807, 2.05) is 6.07 Å². The maximum atomic E-state index is 5.81. The van der Waals surface area contributed by atoms with E-state index in [1.54, 1.807) is 0 Å². The molecule has 1 aliphatic heterocycles. The Labute approximate surface area is 120 Å². The van der Waals surface area contributed by atoms with Crippen LogP contribution in [0.1, 0.15) is 31.9 Å². The van der Waals surface area contributed by atoms with Crippen LogP contribution in [0, 0.1) is 0 Å². The van der Waals surface area contributed by atoms with Crippen LogP contribution < -0.4 is 11.1 Å². The molecule has 1 saturated heterocycles. The van der Waals surface area contributed by atoms with E-state index < -0.39 is 0 Å². The van der Waals surface area contributed by atoms with Gasteiger partial charge in [0.05, 0.1) is 18.9 Å². The minimum Gasteiger partial charge on any atom is -0.384 e. The minimum atomic E-state index is 0.356.